The fourth-order valence-electron chi connectivity index (χ4n) is 4.56. The Morgan fingerprint density at radius 1 is 1.03 bits per heavy atom. The van der Waals surface area contributed by atoms with Gasteiger partial charge in [-0.3, -0.25) is 14.6 Å². The summed E-state index contributed by atoms with van der Waals surface area (Å²) in [6.07, 6.45) is 3.53. The van der Waals surface area contributed by atoms with Gasteiger partial charge in [0.15, 0.2) is 0 Å². The summed E-state index contributed by atoms with van der Waals surface area (Å²) in [6, 6.07) is 4.87. The number of hydrogen-bond acceptors (Lipinski definition) is 4. The Balaban J connectivity index is 1.40. The number of rotatable bonds is 4. The monoisotopic (exact) mass is 455 g/mol. The first-order chi connectivity index (χ1) is 14.4. The molecule has 2 atom stereocenters. The van der Waals surface area contributed by atoms with Gasteiger partial charge in [-0.05, 0) is 31.4 Å². The van der Waals surface area contributed by atoms with Crippen LogP contribution in [0.5, 0.6) is 5.75 Å². The van der Waals surface area contributed by atoms with Gasteiger partial charge in [-0.2, -0.15) is 0 Å². The Morgan fingerprint density at radius 2 is 1.83 bits per heavy atom. The molecule has 1 saturated carbocycles. The number of halogens is 2. The maximum Gasteiger partial charge on any atom is 0.408 e. The van der Waals surface area contributed by atoms with Crippen LogP contribution in [0.3, 0.4) is 0 Å². The van der Waals surface area contributed by atoms with Crippen molar-refractivity contribution in [2.24, 2.45) is 0 Å². The highest BCUT2D eigenvalue weighted by molar-refractivity contribution is 6.42. The summed E-state index contributed by atoms with van der Waals surface area (Å²) in [5.74, 6) is 0.395. The van der Waals surface area contributed by atoms with Crippen LogP contribution in [0.2, 0.25) is 10.0 Å². The Hall–Kier alpha value is -1.70. The molecule has 2 amide bonds. The lowest BCUT2D eigenvalue weighted by Gasteiger charge is -2.36. The maximum absolute atomic E-state index is 13.2. The summed E-state index contributed by atoms with van der Waals surface area (Å²) >= 11 is 12.0. The van der Waals surface area contributed by atoms with Gasteiger partial charge in [0.2, 0.25) is 5.91 Å². The standard InChI is InChI=1S/C21H27Cl2N3O4/c22-17-6-5-15(11-18(17)23)30-16-12-19(26(13-16)21(28)29)20(27)25-8-2-7-24(9-10-25)14-3-1-4-14/h5-6,11,14,16,19H,1-4,7-10,12-13H2,(H,28,29)/t16?,19-/m0/s1. The second-order valence-electron chi connectivity index (χ2n) is 8.30. The van der Waals surface area contributed by atoms with Crippen molar-refractivity contribution in [2.45, 2.75) is 50.3 Å². The molecule has 9 heteroatoms. The van der Waals surface area contributed by atoms with Gasteiger partial charge in [0.05, 0.1) is 16.6 Å². The van der Waals surface area contributed by atoms with Gasteiger partial charge >= 0.3 is 6.09 Å². The minimum atomic E-state index is -1.10. The zero-order valence-electron chi connectivity index (χ0n) is 16.8. The van der Waals surface area contributed by atoms with Gasteiger partial charge in [-0.1, -0.05) is 29.6 Å². The normalized spacial score (nSPS) is 25.7. The molecule has 30 heavy (non-hydrogen) atoms. The number of likely N-dealkylation sites (tertiary alicyclic amines) is 1. The highest BCUT2D eigenvalue weighted by Gasteiger charge is 2.43. The van der Waals surface area contributed by atoms with E-state index in [0.29, 0.717) is 41.3 Å². The van der Waals surface area contributed by atoms with E-state index < -0.39 is 18.2 Å². The molecule has 3 aliphatic rings. The molecule has 2 aliphatic heterocycles. The van der Waals surface area contributed by atoms with E-state index in [1.165, 1.54) is 24.2 Å². The lowest BCUT2D eigenvalue weighted by Crippen LogP contribution is -2.49. The summed E-state index contributed by atoms with van der Waals surface area (Å²) in [5, 5.41) is 10.5. The molecule has 1 N–H and O–H groups in total. The average molecular weight is 456 g/mol. The first-order valence-corrected chi connectivity index (χ1v) is 11.3. The van der Waals surface area contributed by atoms with Gasteiger partial charge in [-0.25, -0.2) is 4.79 Å². The molecular weight excluding hydrogens is 429 g/mol. The van der Waals surface area contributed by atoms with Crippen LogP contribution in [0, 0.1) is 0 Å². The van der Waals surface area contributed by atoms with Crippen molar-refractivity contribution in [2.75, 3.05) is 32.7 Å². The molecule has 1 aromatic carbocycles. The topological polar surface area (TPSA) is 73.3 Å². The third kappa shape index (κ3) is 4.63. The third-order valence-corrected chi connectivity index (χ3v) is 7.16. The lowest BCUT2D eigenvalue weighted by atomic mass is 9.91. The fourth-order valence-corrected chi connectivity index (χ4v) is 4.84. The number of amides is 2. The number of ether oxygens (including phenoxy) is 1. The molecular formula is C21H27Cl2N3O4. The smallest absolute Gasteiger partial charge is 0.408 e. The van der Waals surface area contributed by atoms with Crippen molar-refractivity contribution >= 4 is 35.2 Å². The van der Waals surface area contributed by atoms with Gasteiger partial charge in [0, 0.05) is 44.7 Å². The number of carbonyl (C=O) groups is 2. The lowest BCUT2D eigenvalue weighted by molar-refractivity contribution is -0.135. The van der Waals surface area contributed by atoms with E-state index in [4.69, 9.17) is 27.9 Å². The van der Waals surface area contributed by atoms with Crippen LogP contribution < -0.4 is 4.74 Å². The molecule has 0 aromatic heterocycles. The van der Waals surface area contributed by atoms with E-state index in [9.17, 15) is 14.7 Å². The molecule has 2 saturated heterocycles. The van der Waals surface area contributed by atoms with Crippen LogP contribution in [-0.2, 0) is 4.79 Å². The zero-order chi connectivity index (χ0) is 21.3. The maximum atomic E-state index is 13.2. The molecule has 164 valence electrons. The highest BCUT2D eigenvalue weighted by Crippen LogP contribution is 2.30. The third-order valence-electron chi connectivity index (χ3n) is 6.42. The highest BCUT2D eigenvalue weighted by atomic mass is 35.5. The van der Waals surface area contributed by atoms with Crippen molar-refractivity contribution in [3.8, 4) is 5.75 Å². The van der Waals surface area contributed by atoms with Crippen molar-refractivity contribution < 1.29 is 19.4 Å². The summed E-state index contributed by atoms with van der Waals surface area (Å²) in [4.78, 5) is 30.6. The molecule has 0 bridgehead atoms. The molecule has 0 spiro atoms. The SMILES string of the molecule is O=C([C@@H]1CC(Oc2ccc(Cl)c(Cl)c2)CN1C(=O)O)N1CCCN(C2CCC2)CC1. The van der Waals surface area contributed by atoms with E-state index in [2.05, 4.69) is 4.90 Å². The summed E-state index contributed by atoms with van der Waals surface area (Å²) in [7, 11) is 0. The summed E-state index contributed by atoms with van der Waals surface area (Å²) in [5.41, 5.74) is 0. The Bertz CT molecular complexity index is 804. The predicted molar refractivity (Wildman–Crippen MR) is 114 cm³/mol. The summed E-state index contributed by atoms with van der Waals surface area (Å²) in [6.45, 7) is 3.33. The molecule has 1 unspecified atom stereocenters. The van der Waals surface area contributed by atoms with E-state index in [1.54, 1.807) is 18.2 Å². The molecule has 7 nitrogen and oxygen atoms in total. The van der Waals surface area contributed by atoms with Crippen molar-refractivity contribution in [3.63, 3.8) is 0 Å². The van der Waals surface area contributed by atoms with Crippen LogP contribution in [0.4, 0.5) is 4.79 Å². The molecule has 4 rings (SSSR count). The van der Waals surface area contributed by atoms with Crippen LogP contribution in [-0.4, -0.2) is 82.7 Å². The van der Waals surface area contributed by atoms with Crippen molar-refractivity contribution in [3.05, 3.63) is 28.2 Å². The number of hydrogen-bond donors (Lipinski definition) is 1. The first kappa shape index (κ1) is 21.5. The summed E-state index contributed by atoms with van der Waals surface area (Å²) < 4.78 is 5.93. The molecule has 3 fully saturated rings. The van der Waals surface area contributed by atoms with Crippen LogP contribution >= 0.6 is 23.2 Å². The Morgan fingerprint density at radius 3 is 2.50 bits per heavy atom. The molecule has 1 aliphatic carbocycles. The first-order valence-electron chi connectivity index (χ1n) is 10.6. The number of benzene rings is 1. The van der Waals surface area contributed by atoms with E-state index in [0.717, 1.165) is 19.5 Å². The Kier molecular flexibility index (Phi) is 6.60. The molecule has 0 radical (unpaired) electrons. The number of carboxylic acid groups (broad SMARTS) is 1. The molecule has 2 heterocycles. The average Bonchev–Trinajstić information content (AvgIpc) is 2.94. The van der Waals surface area contributed by atoms with Crippen LogP contribution in [0.15, 0.2) is 18.2 Å². The largest absolute Gasteiger partial charge is 0.488 e. The van der Waals surface area contributed by atoms with E-state index >= 15 is 0 Å². The number of carbonyl (C=O) groups excluding carboxylic acids is 1. The second-order valence-corrected chi connectivity index (χ2v) is 9.12. The van der Waals surface area contributed by atoms with Crippen LogP contribution in [0.25, 0.3) is 0 Å². The van der Waals surface area contributed by atoms with Crippen molar-refractivity contribution in [1.29, 1.82) is 0 Å². The zero-order valence-corrected chi connectivity index (χ0v) is 18.3. The molecule has 1 aromatic rings. The second kappa shape index (κ2) is 9.20. The van der Waals surface area contributed by atoms with E-state index in [1.807, 2.05) is 4.90 Å². The van der Waals surface area contributed by atoms with Gasteiger partial charge in [0.1, 0.15) is 17.9 Å². The fraction of sp³-hybridized carbons (Fsp3) is 0.619. The van der Waals surface area contributed by atoms with Gasteiger partial charge in [0.25, 0.3) is 0 Å². The Labute approximate surface area is 186 Å². The quantitative estimate of drug-likeness (QED) is 0.750. The predicted octanol–water partition coefficient (Wildman–Crippen LogP) is 3.58. The van der Waals surface area contributed by atoms with Crippen LogP contribution in [0.1, 0.15) is 32.1 Å². The van der Waals surface area contributed by atoms with E-state index in [-0.39, 0.29) is 12.5 Å². The van der Waals surface area contributed by atoms with Crippen molar-refractivity contribution in [1.82, 2.24) is 14.7 Å². The van der Waals surface area contributed by atoms with Gasteiger partial charge in [-0.15, -0.1) is 0 Å². The minimum Gasteiger partial charge on any atom is -0.488 e. The number of nitrogens with zero attached hydrogens (tertiary/aromatic N) is 3. The van der Waals surface area contributed by atoms with Gasteiger partial charge < -0.3 is 14.7 Å². The minimum absolute atomic E-state index is 0.118.